The number of aryl methyl sites for hydroxylation is 1. The summed E-state index contributed by atoms with van der Waals surface area (Å²) in [7, 11) is 0. The van der Waals surface area contributed by atoms with Crippen molar-refractivity contribution >= 4 is 17.4 Å². The van der Waals surface area contributed by atoms with E-state index in [2.05, 4.69) is 5.32 Å². The molecule has 2 aromatic rings. The summed E-state index contributed by atoms with van der Waals surface area (Å²) in [5, 5.41) is 2.77. The third-order valence-corrected chi connectivity index (χ3v) is 3.23. The number of amides is 1. The Morgan fingerprint density at radius 1 is 1.09 bits per heavy atom. The average molecular weight is 297 g/mol. The van der Waals surface area contributed by atoms with Gasteiger partial charge in [-0.2, -0.15) is 0 Å². The normalized spacial score (nSPS) is 10.1. The third-order valence-electron chi connectivity index (χ3n) is 3.23. The van der Waals surface area contributed by atoms with Crippen molar-refractivity contribution in [2.75, 3.05) is 11.9 Å². The summed E-state index contributed by atoms with van der Waals surface area (Å²) in [6.07, 6.45) is 0.249. The number of Topliss-reactive ketones (excluding diaryl/α,β-unsaturated/α-hetero) is 1. The van der Waals surface area contributed by atoms with Crippen LogP contribution in [0.2, 0.25) is 0 Å². The van der Waals surface area contributed by atoms with E-state index in [1.807, 2.05) is 31.2 Å². The van der Waals surface area contributed by atoms with Gasteiger partial charge in [0.1, 0.15) is 5.75 Å². The topological polar surface area (TPSA) is 55.4 Å². The summed E-state index contributed by atoms with van der Waals surface area (Å²) in [5.41, 5.74) is 2.24. The van der Waals surface area contributed by atoms with Crippen molar-refractivity contribution < 1.29 is 14.3 Å². The smallest absolute Gasteiger partial charge is 0.227 e. The number of ether oxygens (including phenoxy) is 1. The third kappa shape index (κ3) is 4.45. The first-order valence-electron chi connectivity index (χ1n) is 7.15. The summed E-state index contributed by atoms with van der Waals surface area (Å²) in [4.78, 5) is 23.2. The molecule has 0 unspecified atom stereocenters. The van der Waals surface area contributed by atoms with Crippen LogP contribution in [0.3, 0.4) is 0 Å². The minimum Gasteiger partial charge on any atom is -0.493 e. The number of anilines is 1. The number of hydrogen-bond donors (Lipinski definition) is 1. The minimum absolute atomic E-state index is 0.0287. The number of nitrogens with one attached hydrogen (secondary N) is 1. The van der Waals surface area contributed by atoms with E-state index in [4.69, 9.17) is 4.74 Å². The monoisotopic (exact) mass is 297 g/mol. The lowest BCUT2D eigenvalue weighted by Crippen LogP contribution is -2.15. The zero-order valence-corrected chi connectivity index (χ0v) is 12.8. The SMILES string of the molecule is CC(=O)c1cccc(NC(=O)CCOc2ccccc2C)c1. The molecule has 0 aliphatic heterocycles. The van der Waals surface area contributed by atoms with Crippen molar-refractivity contribution in [3.05, 3.63) is 59.7 Å². The van der Waals surface area contributed by atoms with Gasteiger partial charge in [0.2, 0.25) is 5.91 Å². The lowest BCUT2D eigenvalue weighted by Gasteiger charge is -2.09. The Morgan fingerprint density at radius 2 is 1.86 bits per heavy atom. The maximum absolute atomic E-state index is 11.9. The highest BCUT2D eigenvalue weighted by Crippen LogP contribution is 2.16. The number of para-hydroxylation sites is 1. The predicted octanol–water partition coefficient (Wildman–Crippen LogP) is 3.61. The van der Waals surface area contributed by atoms with Gasteiger partial charge >= 0.3 is 0 Å². The molecule has 0 atom stereocenters. The van der Waals surface area contributed by atoms with Gasteiger partial charge in [-0.1, -0.05) is 30.3 Å². The predicted molar refractivity (Wildman–Crippen MR) is 86.4 cm³/mol. The molecule has 2 rings (SSSR count). The Bertz CT molecular complexity index is 680. The number of hydrogen-bond acceptors (Lipinski definition) is 3. The summed E-state index contributed by atoms with van der Waals surface area (Å²) >= 11 is 0. The molecular weight excluding hydrogens is 278 g/mol. The average Bonchev–Trinajstić information content (AvgIpc) is 2.49. The van der Waals surface area contributed by atoms with Crippen LogP contribution in [0.1, 0.15) is 29.3 Å². The molecule has 0 aliphatic carbocycles. The van der Waals surface area contributed by atoms with Crippen LogP contribution >= 0.6 is 0 Å². The fraction of sp³-hybridized carbons (Fsp3) is 0.222. The first-order chi connectivity index (χ1) is 10.6. The van der Waals surface area contributed by atoms with Crippen LogP contribution in [0.4, 0.5) is 5.69 Å². The van der Waals surface area contributed by atoms with Crippen molar-refractivity contribution in [3.63, 3.8) is 0 Å². The van der Waals surface area contributed by atoms with Crippen LogP contribution in [0.15, 0.2) is 48.5 Å². The highest BCUT2D eigenvalue weighted by Gasteiger charge is 2.06. The van der Waals surface area contributed by atoms with Crippen LogP contribution in [0.5, 0.6) is 5.75 Å². The van der Waals surface area contributed by atoms with Crippen LogP contribution in [-0.4, -0.2) is 18.3 Å². The molecule has 4 heteroatoms. The standard InChI is InChI=1S/C18H19NO3/c1-13-6-3-4-9-17(13)22-11-10-18(21)19-16-8-5-7-15(12-16)14(2)20/h3-9,12H,10-11H2,1-2H3,(H,19,21). The molecule has 0 bridgehead atoms. The highest BCUT2D eigenvalue weighted by molar-refractivity contribution is 5.97. The molecule has 0 heterocycles. The molecule has 0 spiro atoms. The first-order valence-corrected chi connectivity index (χ1v) is 7.15. The molecule has 0 fully saturated rings. The van der Waals surface area contributed by atoms with Crippen LogP contribution in [0, 0.1) is 6.92 Å². The number of carbonyl (C=O) groups excluding carboxylic acids is 2. The van der Waals surface area contributed by atoms with Gasteiger partial charge in [0.15, 0.2) is 5.78 Å². The fourth-order valence-corrected chi connectivity index (χ4v) is 2.01. The van der Waals surface area contributed by atoms with Crippen LogP contribution in [0.25, 0.3) is 0 Å². The Kier molecular flexibility index (Phi) is 5.31. The van der Waals surface area contributed by atoms with Gasteiger partial charge in [-0.25, -0.2) is 0 Å². The van der Waals surface area contributed by atoms with E-state index in [0.29, 0.717) is 17.9 Å². The quantitative estimate of drug-likeness (QED) is 0.829. The Labute approximate surface area is 130 Å². The van der Waals surface area contributed by atoms with E-state index >= 15 is 0 Å². The van der Waals surface area contributed by atoms with Gasteiger partial charge in [-0.05, 0) is 37.6 Å². The largest absolute Gasteiger partial charge is 0.493 e. The van der Waals surface area contributed by atoms with E-state index in [0.717, 1.165) is 11.3 Å². The number of rotatable bonds is 6. The van der Waals surface area contributed by atoms with E-state index in [-0.39, 0.29) is 18.1 Å². The second kappa shape index (κ2) is 7.41. The van der Waals surface area contributed by atoms with Crippen molar-refractivity contribution in [2.45, 2.75) is 20.3 Å². The molecule has 0 aliphatic rings. The van der Waals surface area contributed by atoms with Crippen molar-refractivity contribution in [2.24, 2.45) is 0 Å². The lowest BCUT2D eigenvalue weighted by atomic mass is 10.1. The Balaban J connectivity index is 1.84. The molecule has 1 amide bonds. The van der Waals surface area contributed by atoms with Gasteiger partial charge in [0.05, 0.1) is 13.0 Å². The molecular formula is C18H19NO3. The maximum Gasteiger partial charge on any atom is 0.227 e. The number of benzene rings is 2. The Morgan fingerprint density at radius 3 is 2.59 bits per heavy atom. The molecule has 0 saturated carbocycles. The van der Waals surface area contributed by atoms with Crippen molar-refractivity contribution in [1.82, 2.24) is 0 Å². The molecule has 22 heavy (non-hydrogen) atoms. The highest BCUT2D eigenvalue weighted by atomic mass is 16.5. The minimum atomic E-state index is -0.144. The maximum atomic E-state index is 11.9. The van der Waals surface area contributed by atoms with E-state index in [1.165, 1.54) is 6.92 Å². The Hall–Kier alpha value is -2.62. The van der Waals surface area contributed by atoms with E-state index in [1.54, 1.807) is 24.3 Å². The van der Waals surface area contributed by atoms with Gasteiger partial charge in [-0.3, -0.25) is 9.59 Å². The second-order valence-electron chi connectivity index (χ2n) is 5.05. The summed E-state index contributed by atoms with van der Waals surface area (Å²) in [6.45, 7) is 3.77. The summed E-state index contributed by atoms with van der Waals surface area (Å²) < 4.78 is 5.59. The zero-order chi connectivity index (χ0) is 15.9. The van der Waals surface area contributed by atoms with E-state index in [9.17, 15) is 9.59 Å². The van der Waals surface area contributed by atoms with Crippen LogP contribution < -0.4 is 10.1 Å². The van der Waals surface area contributed by atoms with Gasteiger partial charge in [0, 0.05) is 11.3 Å². The van der Waals surface area contributed by atoms with Gasteiger partial charge < -0.3 is 10.1 Å². The van der Waals surface area contributed by atoms with Gasteiger partial charge in [-0.15, -0.1) is 0 Å². The molecule has 0 radical (unpaired) electrons. The first kappa shape index (κ1) is 15.8. The second-order valence-corrected chi connectivity index (χ2v) is 5.05. The molecule has 0 aromatic heterocycles. The molecule has 0 saturated heterocycles. The van der Waals surface area contributed by atoms with Crippen molar-refractivity contribution in [3.8, 4) is 5.75 Å². The molecule has 114 valence electrons. The van der Waals surface area contributed by atoms with Crippen LogP contribution in [-0.2, 0) is 4.79 Å². The summed E-state index contributed by atoms with van der Waals surface area (Å²) in [5.74, 6) is 0.613. The molecule has 1 N–H and O–H groups in total. The fourth-order valence-electron chi connectivity index (χ4n) is 2.01. The zero-order valence-electron chi connectivity index (χ0n) is 12.8. The van der Waals surface area contributed by atoms with Crippen molar-refractivity contribution in [1.29, 1.82) is 0 Å². The molecule has 4 nitrogen and oxygen atoms in total. The number of carbonyl (C=O) groups is 2. The van der Waals surface area contributed by atoms with Gasteiger partial charge in [0.25, 0.3) is 0 Å². The summed E-state index contributed by atoms with van der Waals surface area (Å²) in [6, 6.07) is 14.6. The number of ketones is 1. The van der Waals surface area contributed by atoms with E-state index < -0.39 is 0 Å². The molecule has 2 aromatic carbocycles. The lowest BCUT2D eigenvalue weighted by molar-refractivity contribution is -0.116.